The highest BCUT2D eigenvalue weighted by atomic mass is 35.5. The van der Waals surface area contributed by atoms with Crippen LogP contribution in [0.2, 0.25) is 5.02 Å². The Morgan fingerprint density at radius 1 is 1.23 bits per heavy atom. The van der Waals surface area contributed by atoms with Gasteiger partial charge in [-0.2, -0.15) is 12.6 Å². The molecule has 0 radical (unpaired) electrons. The molecule has 6 heteroatoms. The molecule has 0 unspecified atom stereocenters. The SMILES string of the molecule is CC1(C)OB(C(=Cc2ccc(Cl)c(CCl)c2)CS)OC1(C)C. The zero-order valence-electron chi connectivity index (χ0n) is 13.3. The molecule has 1 aliphatic heterocycles. The van der Waals surface area contributed by atoms with Gasteiger partial charge in [0.15, 0.2) is 0 Å². The fourth-order valence-corrected chi connectivity index (χ4v) is 2.90. The van der Waals surface area contributed by atoms with Gasteiger partial charge in [0.25, 0.3) is 0 Å². The van der Waals surface area contributed by atoms with Gasteiger partial charge in [-0.15, -0.1) is 11.6 Å². The van der Waals surface area contributed by atoms with E-state index in [0.717, 1.165) is 16.6 Å². The van der Waals surface area contributed by atoms with Crippen molar-refractivity contribution in [1.29, 1.82) is 0 Å². The van der Waals surface area contributed by atoms with Crippen LogP contribution in [0, 0.1) is 0 Å². The van der Waals surface area contributed by atoms with E-state index in [0.29, 0.717) is 16.7 Å². The van der Waals surface area contributed by atoms with Crippen molar-refractivity contribution in [3.05, 3.63) is 39.8 Å². The standard InChI is InChI=1S/C16H21BCl2O2S/c1-15(2)16(3,4)21-17(20-15)13(10-22)8-11-5-6-14(19)12(7-11)9-18/h5-8,22H,9-10H2,1-4H3. The van der Waals surface area contributed by atoms with Crippen LogP contribution in [0.5, 0.6) is 0 Å². The monoisotopic (exact) mass is 358 g/mol. The molecule has 0 bridgehead atoms. The zero-order valence-corrected chi connectivity index (χ0v) is 15.7. The number of thiol groups is 1. The summed E-state index contributed by atoms with van der Waals surface area (Å²) in [5.41, 5.74) is 2.18. The first kappa shape index (κ1) is 18.2. The molecule has 1 aliphatic rings. The van der Waals surface area contributed by atoms with Gasteiger partial charge in [0, 0.05) is 16.7 Å². The van der Waals surface area contributed by atoms with E-state index in [4.69, 9.17) is 32.5 Å². The van der Waals surface area contributed by atoms with Crippen LogP contribution in [0.3, 0.4) is 0 Å². The lowest BCUT2D eigenvalue weighted by atomic mass is 9.78. The second kappa shape index (κ2) is 6.78. The normalized spacial score (nSPS) is 20.5. The van der Waals surface area contributed by atoms with E-state index in [1.54, 1.807) is 0 Å². The summed E-state index contributed by atoms with van der Waals surface area (Å²) in [4.78, 5) is 0. The van der Waals surface area contributed by atoms with Gasteiger partial charge in [-0.1, -0.05) is 23.7 Å². The molecule has 1 heterocycles. The number of halogens is 2. The Morgan fingerprint density at radius 2 is 1.82 bits per heavy atom. The maximum absolute atomic E-state index is 6.10. The summed E-state index contributed by atoms with van der Waals surface area (Å²) in [6.45, 7) is 8.15. The smallest absolute Gasteiger partial charge is 0.400 e. The Labute approximate surface area is 148 Å². The first-order valence-electron chi connectivity index (χ1n) is 7.21. The summed E-state index contributed by atoms with van der Waals surface area (Å²) in [7, 11) is -0.391. The van der Waals surface area contributed by atoms with Crippen LogP contribution in [0.1, 0.15) is 38.8 Å². The first-order valence-corrected chi connectivity index (χ1v) is 8.76. The van der Waals surface area contributed by atoms with Crippen molar-refractivity contribution >= 4 is 49.0 Å². The molecule has 120 valence electrons. The van der Waals surface area contributed by atoms with E-state index in [2.05, 4.69) is 12.6 Å². The molecule has 0 saturated carbocycles. The van der Waals surface area contributed by atoms with Crippen molar-refractivity contribution in [2.75, 3.05) is 5.75 Å². The van der Waals surface area contributed by atoms with Crippen LogP contribution in [0.4, 0.5) is 0 Å². The van der Waals surface area contributed by atoms with Gasteiger partial charge >= 0.3 is 7.12 Å². The molecule has 1 aromatic carbocycles. The van der Waals surface area contributed by atoms with Gasteiger partial charge in [0.05, 0.1) is 11.2 Å². The van der Waals surface area contributed by atoms with Gasteiger partial charge in [-0.3, -0.25) is 0 Å². The van der Waals surface area contributed by atoms with Crippen LogP contribution in [-0.2, 0) is 15.2 Å². The van der Waals surface area contributed by atoms with Crippen molar-refractivity contribution < 1.29 is 9.31 Å². The van der Waals surface area contributed by atoms with Crippen LogP contribution >= 0.6 is 35.8 Å². The number of benzene rings is 1. The Hall–Kier alpha value is -0.125. The van der Waals surface area contributed by atoms with Crippen LogP contribution in [0.25, 0.3) is 6.08 Å². The molecule has 0 spiro atoms. The number of rotatable bonds is 4. The van der Waals surface area contributed by atoms with Gasteiger partial charge in [-0.25, -0.2) is 0 Å². The summed E-state index contributed by atoms with van der Waals surface area (Å²) in [6.07, 6.45) is 2.03. The molecule has 0 amide bonds. The molecule has 2 rings (SSSR count). The third-order valence-electron chi connectivity index (χ3n) is 4.30. The summed E-state index contributed by atoms with van der Waals surface area (Å²) in [5.74, 6) is 0.933. The molecule has 2 nitrogen and oxygen atoms in total. The van der Waals surface area contributed by atoms with E-state index in [1.807, 2.05) is 52.0 Å². The van der Waals surface area contributed by atoms with Crippen molar-refractivity contribution in [3.63, 3.8) is 0 Å². The number of hydrogen-bond acceptors (Lipinski definition) is 3. The van der Waals surface area contributed by atoms with Gasteiger partial charge in [0.2, 0.25) is 0 Å². The van der Waals surface area contributed by atoms with E-state index in [1.165, 1.54) is 0 Å². The van der Waals surface area contributed by atoms with Gasteiger partial charge in [0.1, 0.15) is 0 Å². The minimum Gasteiger partial charge on any atom is -0.400 e. The zero-order chi connectivity index (χ0) is 16.5. The maximum atomic E-state index is 6.10. The molecule has 1 fully saturated rings. The number of hydrogen-bond donors (Lipinski definition) is 1. The quantitative estimate of drug-likeness (QED) is 0.462. The Morgan fingerprint density at radius 3 is 2.32 bits per heavy atom. The molecule has 1 saturated heterocycles. The fourth-order valence-electron chi connectivity index (χ4n) is 2.18. The lowest BCUT2D eigenvalue weighted by Gasteiger charge is -2.32. The van der Waals surface area contributed by atoms with Crippen LogP contribution < -0.4 is 0 Å². The maximum Gasteiger partial charge on any atom is 0.491 e. The van der Waals surface area contributed by atoms with Crippen molar-refractivity contribution in [2.45, 2.75) is 44.8 Å². The molecule has 0 aliphatic carbocycles. The Bertz CT molecular complexity index is 572. The van der Waals surface area contributed by atoms with Crippen LogP contribution in [-0.4, -0.2) is 24.1 Å². The minimum absolute atomic E-state index is 0.360. The average Bonchev–Trinajstić information content (AvgIpc) is 2.66. The lowest BCUT2D eigenvalue weighted by molar-refractivity contribution is 0.00578. The second-order valence-electron chi connectivity index (χ2n) is 6.45. The predicted octanol–water partition coefficient (Wildman–Crippen LogP) is 5.02. The summed E-state index contributed by atoms with van der Waals surface area (Å²) in [5, 5.41) is 0.676. The van der Waals surface area contributed by atoms with Gasteiger partial charge < -0.3 is 9.31 Å². The van der Waals surface area contributed by atoms with Gasteiger partial charge in [-0.05, 0) is 56.4 Å². The third kappa shape index (κ3) is 3.68. The van der Waals surface area contributed by atoms with E-state index in [9.17, 15) is 0 Å². The number of alkyl halides is 1. The molecule has 0 atom stereocenters. The largest absolute Gasteiger partial charge is 0.491 e. The second-order valence-corrected chi connectivity index (χ2v) is 7.44. The third-order valence-corrected chi connectivity index (χ3v) is 5.33. The van der Waals surface area contributed by atoms with Crippen molar-refractivity contribution in [2.24, 2.45) is 0 Å². The van der Waals surface area contributed by atoms with Crippen molar-refractivity contribution in [1.82, 2.24) is 0 Å². The Kier molecular flexibility index (Phi) is 5.61. The fraction of sp³-hybridized carbons (Fsp3) is 0.500. The highest BCUT2D eigenvalue weighted by Crippen LogP contribution is 2.39. The molecule has 0 N–H and O–H groups in total. The molecular weight excluding hydrogens is 338 g/mol. The van der Waals surface area contributed by atoms with E-state index >= 15 is 0 Å². The Balaban J connectivity index is 2.29. The first-order chi connectivity index (χ1) is 10.2. The molecular formula is C16H21BCl2O2S. The topological polar surface area (TPSA) is 18.5 Å². The molecule has 0 aromatic heterocycles. The summed E-state index contributed by atoms with van der Waals surface area (Å²) >= 11 is 16.4. The minimum atomic E-state index is -0.391. The predicted molar refractivity (Wildman–Crippen MR) is 98.9 cm³/mol. The van der Waals surface area contributed by atoms with E-state index < -0.39 is 7.12 Å². The van der Waals surface area contributed by atoms with Crippen LogP contribution in [0.15, 0.2) is 23.7 Å². The highest BCUT2D eigenvalue weighted by molar-refractivity contribution is 7.80. The highest BCUT2D eigenvalue weighted by Gasteiger charge is 2.52. The molecule has 22 heavy (non-hydrogen) atoms. The lowest BCUT2D eigenvalue weighted by Crippen LogP contribution is -2.41. The summed E-state index contributed by atoms with van der Waals surface area (Å²) in [6, 6.07) is 5.78. The van der Waals surface area contributed by atoms with Crippen molar-refractivity contribution in [3.8, 4) is 0 Å². The van der Waals surface area contributed by atoms with E-state index in [-0.39, 0.29) is 11.2 Å². The average molecular weight is 359 g/mol. The summed E-state index contributed by atoms with van der Waals surface area (Å²) < 4.78 is 12.2. The molecule has 1 aromatic rings.